The molecule has 3 rings (SSSR count). The second-order valence-electron chi connectivity index (χ2n) is 4.67. The van der Waals surface area contributed by atoms with Gasteiger partial charge in [-0.05, 0) is 24.1 Å². The minimum Gasteiger partial charge on any atom is -0.301 e. The van der Waals surface area contributed by atoms with Gasteiger partial charge in [0.25, 0.3) is 0 Å². The molecule has 4 heteroatoms. The van der Waals surface area contributed by atoms with E-state index in [1.54, 1.807) is 0 Å². The summed E-state index contributed by atoms with van der Waals surface area (Å²) in [7, 11) is 0. The van der Waals surface area contributed by atoms with Gasteiger partial charge in [0.05, 0.1) is 22.3 Å². The first-order chi connectivity index (χ1) is 9.72. The van der Waals surface area contributed by atoms with Crippen LogP contribution in [0.25, 0.3) is 16.9 Å². The molecule has 0 saturated carbocycles. The molecule has 0 aliphatic carbocycles. The molecule has 3 aromatic rings. The third-order valence-corrected chi connectivity index (χ3v) is 3.92. The fraction of sp³-hybridized carbons (Fsp3) is 0.188. The molecule has 0 unspecified atom stereocenters. The number of nitrogens with zero attached hydrogens (tertiary/aromatic N) is 2. The van der Waals surface area contributed by atoms with Crippen LogP contribution in [0.5, 0.6) is 0 Å². The van der Waals surface area contributed by atoms with Crippen LogP contribution in [0.15, 0.2) is 42.6 Å². The quantitative estimate of drug-likeness (QED) is 0.625. The number of pyridine rings is 1. The van der Waals surface area contributed by atoms with Crippen molar-refractivity contribution in [3.63, 3.8) is 0 Å². The van der Waals surface area contributed by atoms with Crippen LogP contribution in [0, 0.1) is 0 Å². The molecule has 0 spiro atoms. The van der Waals surface area contributed by atoms with E-state index in [2.05, 4.69) is 36.2 Å². The predicted molar refractivity (Wildman–Crippen MR) is 84.6 cm³/mol. The highest BCUT2D eigenvalue weighted by Crippen LogP contribution is 2.27. The highest BCUT2D eigenvalue weighted by Gasteiger charge is 2.13. The molecule has 20 heavy (non-hydrogen) atoms. The number of alkyl halides is 1. The summed E-state index contributed by atoms with van der Waals surface area (Å²) in [5.74, 6) is 0.395. The van der Waals surface area contributed by atoms with E-state index in [1.807, 2.05) is 22.7 Å². The summed E-state index contributed by atoms with van der Waals surface area (Å²) in [4.78, 5) is 4.67. The SMILES string of the molecule is CCc1ccc(-c2nc3ccc(Cl)cn3c2CCl)cc1. The van der Waals surface area contributed by atoms with Crippen molar-refractivity contribution in [2.45, 2.75) is 19.2 Å². The monoisotopic (exact) mass is 304 g/mol. The van der Waals surface area contributed by atoms with Gasteiger partial charge in [-0.25, -0.2) is 4.98 Å². The Morgan fingerprint density at radius 2 is 1.85 bits per heavy atom. The number of rotatable bonds is 3. The Morgan fingerprint density at radius 3 is 2.50 bits per heavy atom. The second-order valence-corrected chi connectivity index (χ2v) is 5.37. The molecule has 2 aromatic heterocycles. The standard InChI is InChI=1S/C16H14Cl2N2/c1-2-11-3-5-12(6-4-11)16-14(9-17)20-10-13(18)7-8-15(20)19-16/h3-8,10H,2,9H2,1H3. The number of benzene rings is 1. The average Bonchev–Trinajstić information content (AvgIpc) is 2.85. The maximum absolute atomic E-state index is 6.11. The normalized spacial score (nSPS) is 11.2. The molecule has 0 fully saturated rings. The van der Waals surface area contributed by atoms with Gasteiger partial charge in [-0.15, -0.1) is 11.6 Å². The summed E-state index contributed by atoms with van der Waals surface area (Å²) in [5, 5.41) is 0.675. The molecule has 0 atom stereocenters. The van der Waals surface area contributed by atoms with Crippen molar-refractivity contribution >= 4 is 28.8 Å². The molecule has 102 valence electrons. The Balaban J connectivity index is 2.19. The van der Waals surface area contributed by atoms with E-state index >= 15 is 0 Å². The topological polar surface area (TPSA) is 17.3 Å². The van der Waals surface area contributed by atoms with E-state index < -0.39 is 0 Å². The second kappa shape index (κ2) is 5.47. The summed E-state index contributed by atoms with van der Waals surface area (Å²) in [6.07, 6.45) is 2.88. The molecule has 0 radical (unpaired) electrons. The third-order valence-electron chi connectivity index (χ3n) is 3.44. The summed E-state index contributed by atoms with van der Waals surface area (Å²) in [6.45, 7) is 2.14. The molecule has 0 amide bonds. The fourth-order valence-corrected chi connectivity index (χ4v) is 2.74. The van der Waals surface area contributed by atoms with Crippen LogP contribution in [0.1, 0.15) is 18.2 Å². The van der Waals surface area contributed by atoms with Crippen molar-refractivity contribution in [3.05, 3.63) is 58.9 Å². The number of fused-ring (bicyclic) bond motifs is 1. The zero-order valence-electron chi connectivity index (χ0n) is 11.1. The van der Waals surface area contributed by atoms with E-state index in [0.29, 0.717) is 10.9 Å². The van der Waals surface area contributed by atoms with Gasteiger partial charge in [0.15, 0.2) is 0 Å². The summed E-state index contributed by atoms with van der Waals surface area (Å²) < 4.78 is 1.96. The van der Waals surface area contributed by atoms with Crippen LogP contribution in [0.4, 0.5) is 0 Å². The van der Waals surface area contributed by atoms with Crippen molar-refractivity contribution in [2.24, 2.45) is 0 Å². The van der Waals surface area contributed by atoms with Gasteiger partial charge in [-0.2, -0.15) is 0 Å². The van der Waals surface area contributed by atoms with Crippen LogP contribution >= 0.6 is 23.2 Å². The van der Waals surface area contributed by atoms with Crippen LogP contribution in [0.3, 0.4) is 0 Å². The lowest BCUT2D eigenvalue weighted by molar-refractivity contribution is 1.09. The Kier molecular flexibility index (Phi) is 3.68. The minimum absolute atomic E-state index is 0.395. The Labute approximate surface area is 128 Å². The molecule has 0 bridgehead atoms. The zero-order valence-corrected chi connectivity index (χ0v) is 12.6. The highest BCUT2D eigenvalue weighted by atomic mass is 35.5. The Hall–Kier alpha value is -1.51. The van der Waals surface area contributed by atoms with E-state index in [9.17, 15) is 0 Å². The van der Waals surface area contributed by atoms with Crippen molar-refractivity contribution in [1.82, 2.24) is 9.38 Å². The third kappa shape index (κ3) is 2.30. The van der Waals surface area contributed by atoms with Gasteiger partial charge in [-0.1, -0.05) is 42.8 Å². The van der Waals surface area contributed by atoms with Crippen molar-refractivity contribution in [1.29, 1.82) is 0 Å². The number of halogens is 2. The maximum Gasteiger partial charge on any atom is 0.137 e. The van der Waals surface area contributed by atoms with Gasteiger partial charge < -0.3 is 4.40 Å². The molecule has 0 aliphatic heterocycles. The van der Waals surface area contributed by atoms with Crippen LogP contribution in [-0.2, 0) is 12.3 Å². The lowest BCUT2D eigenvalue weighted by atomic mass is 10.1. The van der Waals surface area contributed by atoms with Gasteiger partial charge >= 0.3 is 0 Å². The maximum atomic E-state index is 6.11. The van der Waals surface area contributed by atoms with Crippen LogP contribution in [0.2, 0.25) is 5.02 Å². The van der Waals surface area contributed by atoms with Crippen molar-refractivity contribution in [2.75, 3.05) is 0 Å². The summed E-state index contributed by atoms with van der Waals surface area (Å²) in [6, 6.07) is 12.2. The van der Waals surface area contributed by atoms with E-state index in [1.165, 1.54) is 5.56 Å². The van der Waals surface area contributed by atoms with Crippen molar-refractivity contribution in [3.8, 4) is 11.3 Å². The summed E-state index contributed by atoms with van der Waals surface area (Å²) >= 11 is 12.2. The molecular weight excluding hydrogens is 291 g/mol. The molecule has 0 aliphatic rings. The molecular formula is C16H14Cl2N2. The average molecular weight is 305 g/mol. The Bertz CT molecular complexity index is 745. The molecule has 0 saturated heterocycles. The smallest absolute Gasteiger partial charge is 0.137 e. The van der Waals surface area contributed by atoms with Gasteiger partial charge in [-0.3, -0.25) is 0 Å². The number of aryl methyl sites for hydroxylation is 1. The number of hydrogen-bond acceptors (Lipinski definition) is 1. The largest absolute Gasteiger partial charge is 0.301 e. The zero-order chi connectivity index (χ0) is 14.1. The van der Waals surface area contributed by atoms with Crippen molar-refractivity contribution < 1.29 is 0 Å². The van der Waals surface area contributed by atoms with Gasteiger partial charge in [0.1, 0.15) is 5.65 Å². The fourth-order valence-electron chi connectivity index (χ4n) is 2.32. The minimum atomic E-state index is 0.395. The van der Waals surface area contributed by atoms with Gasteiger partial charge in [0.2, 0.25) is 0 Å². The number of aromatic nitrogens is 2. The Morgan fingerprint density at radius 1 is 1.10 bits per heavy atom. The molecule has 1 aromatic carbocycles. The lowest BCUT2D eigenvalue weighted by Gasteiger charge is -2.03. The highest BCUT2D eigenvalue weighted by molar-refractivity contribution is 6.30. The molecule has 2 heterocycles. The predicted octanol–water partition coefficient (Wildman–Crippen LogP) is 4.96. The van der Waals surface area contributed by atoms with Gasteiger partial charge in [0, 0.05) is 11.8 Å². The van der Waals surface area contributed by atoms with Crippen LogP contribution in [-0.4, -0.2) is 9.38 Å². The van der Waals surface area contributed by atoms with Crippen LogP contribution < -0.4 is 0 Å². The van der Waals surface area contributed by atoms with E-state index in [4.69, 9.17) is 23.2 Å². The number of hydrogen-bond donors (Lipinski definition) is 0. The van der Waals surface area contributed by atoms with E-state index in [0.717, 1.165) is 29.0 Å². The first kappa shape index (κ1) is 13.5. The first-order valence-electron chi connectivity index (χ1n) is 6.54. The first-order valence-corrected chi connectivity index (χ1v) is 7.46. The van der Waals surface area contributed by atoms with E-state index in [-0.39, 0.29) is 0 Å². The summed E-state index contributed by atoms with van der Waals surface area (Å²) in [5.41, 5.74) is 5.14. The molecule has 0 N–H and O–H groups in total. The molecule has 2 nitrogen and oxygen atoms in total. The number of imidazole rings is 1. The lowest BCUT2D eigenvalue weighted by Crippen LogP contribution is -1.91.